The second-order valence-electron chi connectivity index (χ2n) is 8.81. The predicted octanol–water partition coefficient (Wildman–Crippen LogP) is 8.16. The molecule has 38 heavy (non-hydrogen) atoms. The van der Waals surface area contributed by atoms with E-state index in [4.69, 9.17) is 16.6 Å². The summed E-state index contributed by atoms with van der Waals surface area (Å²) in [5.41, 5.74) is 5.97. The number of amides is 1. The number of para-hydroxylation sites is 1. The Bertz CT molecular complexity index is 1470. The molecule has 0 atom stereocenters. The third kappa shape index (κ3) is 6.18. The second-order valence-corrected chi connectivity index (χ2v) is 10.3. The van der Waals surface area contributed by atoms with Gasteiger partial charge in [-0.2, -0.15) is 0 Å². The van der Waals surface area contributed by atoms with E-state index in [1.807, 2.05) is 18.2 Å². The van der Waals surface area contributed by atoms with Crippen molar-refractivity contribution in [3.8, 4) is 28.2 Å². The summed E-state index contributed by atoms with van der Waals surface area (Å²) in [7, 11) is 0. The van der Waals surface area contributed by atoms with Crippen LogP contribution in [0.5, 0.6) is 0 Å². The van der Waals surface area contributed by atoms with Gasteiger partial charge in [0.1, 0.15) is 0 Å². The molecular formula is C32H28ClN3OS. The average Bonchev–Trinajstić information content (AvgIpc) is 3.36. The van der Waals surface area contributed by atoms with Crippen molar-refractivity contribution in [2.24, 2.45) is 0 Å². The van der Waals surface area contributed by atoms with Crippen molar-refractivity contribution in [2.75, 3.05) is 12.3 Å². The first-order valence-corrected chi connectivity index (χ1v) is 14.0. The Hall–Kier alpha value is -3.80. The first-order chi connectivity index (χ1) is 18.7. The molecular weight excluding hydrogens is 510 g/mol. The molecule has 190 valence electrons. The van der Waals surface area contributed by atoms with Crippen molar-refractivity contribution in [1.82, 2.24) is 14.9 Å². The van der Waals surface area contributed by atoms with Gasteiger partial charge in [-0.25, -0.2) is 4.98 Å². The third-order valence-corrected chi connectivity index (χ3v) is 7.43. The maximum atomic E-state index is 12.3. The van der Waals surface area contributed by atoms with Crippen LogP contribution < -0.4 is 5.32 Å². The quantitative estimate of drug-likeness (QED) is 0.144. The summed E-state index contributed by atoms with van der Waals surface area (Å²) in [4.78, 5) is 17.5. The molecule has 0 aliphatic rings. The summed E-state index contributed by atoms with van der Waals surface area (Å²) in [5, 5.41) is 4.58. The van der Waals surface area contributed by atoms with Crippen LogP contribution in [0.4, 0.5) is 0 Å². The number of thioether (sulfide) groups is 1. The Labute approximate surface area is 232 Å². The molecule has 0 aliphatic carbocycles. The third-order valence-electron chi connectivity index (χ3n) is 6.15. The number of halogens is 1. The number of hydrogen-bond acceptors (Lipinski definition) is 3. The fourth-order valence-corrected chi connectivity index (χ4v) is 5.41. The molecule has 0 saturated heterocycles. The van der Waals surface area contributed by atoms with Crippen LogP contribution in [0, 0.1) is 0 Å². The zero-order valence-corrected chi connectivity index (χ0v) is 22.5. The van der Waals surface area contributed by atoms with E-state index in [2.05, 4.69) is 82.7 Å². The second kappa shape index (κ2) is 12.6. The number of nitrogens with zero attached hydrogens (tertiary/aromatic N) is 2. The van der Waals surface area contributed by atoms with Gasteiger partial charge in [-0.1, -0.05) is 102 Å². The van der Waals surface area contributed by atoms with Crippen molar-refractivity contribution < 1.29 is 4.79 Å². The van der Waals surface area contributed by atoms with E-state index in [0.717, 1.165) is 52.0 Å². The van der Waals surface area contributed by atoms with Gasteiger partial charge in [0.05, 0.1) is 11.4 Å². The molecule has 0 aliphatic heterocycles. The lowest BCUT2D eigenvalue weighted by atomic mass is 10.0. The maximum absolute atomic E-state index is 12.3. The van der Waals surface area contributed by atoms with Crippen molar-refractivity contribution >= 4 is 29.3 Å². The summed E-state index contributed by atoms with van der Waals surface area (Å²) in [6.45, 7) is 0.625. The Morgan fingerprint density at radius 3 is 2.03 bits per heavy atom. The summed E-state index contributed by atoms with van der Waals surface area (Å²) in [5.74, 6) is 0.817. The minimum atomic E-state index is -0.0750. The topological polar surface area (TPSA) is 46.9 Å². The number of carbonyl (C=O) groups excluding carboxylic acids is 1. The molecule has 0 unspecified atom stereocenters. The van der Waals surface area contributed by atoms with Gasteiger partial charge in [-0.15, -0.1) is 0 Å². The van der Waals surface area contributed by atoms with Gasteiger partial charge in [0, 0.05) is 39.7 Å². The number of benzene rings is 4. The Balaban J connectivity index is 1.34. The van der Waals surface area contributed by atoms with E-state index < -0.39 is 0 Å². The highest BCUT2D eigenvalue weighted by Gasteiger charge is 2.21. The van der Waals surface area contributed by atoms with Crippen LogP contribution in [0.25, 0.3) is 28.2 Å². The molecule has 0 fully saturated rings. The van der Waals surface area contributed by atoms with Crippen LogP contribution >= 0.6 is 23.4 Å². The lowest BCUT2D eigenvalue weighted by Gasteiger charge is -2.13. The number of aromatic nitrogens is 2. The van der Waals surface area contributed by atoms with Crippen LogP contribution in [0.3, 0.4) is 0 Å². The molecule has 4 aromatic carbocycles. The number of unbranched alkanes of at least 4 members (excludes halogenated alkanes) is 1. The molecule has 0 spiro atoms. The number of hydrogen-bond donors (Lipinski definition) is 1. The van der Waals surface area contributed by atoms with Gasteiger partial charge >= 0.3 is 0 Å². The molecule has 0 bridgehead atoms. The van der Waals surface area contributed by atoms with Crippen molar-refractivity contribution in [3.05, 3.63) is 126 Å². The van der Waals surface area contributed by atoms with E-state index in [1.165, 1.54) is 0 Å². The van der Waals surface area contributed by atoms with Gasteiger partial charge in [0.2, 0.25) is 0 Å². The molecule has 6 heteroatoms. The Morgan fingerprint density at radius 2 is 1.37 bits per heavy atom. The highest BCUT2D eigenvalue weighted by atomic mass is 35.5. The normalized spacial score (nSPS) is 10.9. The fourth-order valence-electron chi connectivity index (χ4n) is 4.27. The number of imidazole rings is 1. The lowest BCUT2D eigenvalue weighted by molar-refractivity contribution is 0.0953. The SMILES string of the molecule is O=C(NCCCCSc1nc(-c2ccccc2)c(-c2ccccc2)n1-c1ccccc1)c1ccc(Cl)cc1. The molecule has 1 heterocycles. The van der Waals surface area contributed by atoms with Crippen LogP contribution in [-0.4, -0.2) is 27.8 Å². The van der Waals surface area contributed by atoms with Crippen molar-refractivity contribution in [3.63, 3.8) is 0 Å². The first-order valence-electron chi connectivity index (χ1n) is 12.7. The van der Waals surface area contributed by atoms with E-state index in [1.54, 1.807) is 36.0 Å². The van der Waals surface area contributed by atoms with E-state index >= 15 is 0 Å². The number of carbonyl (C=O) groups is 1. The van der Waals surface area contributed by atoms with Crippen LogP contribution in [0.15, 0.2) is 120 Å². The summed E-state index contributed by atoms with van der Waals surface area (Å²) < 4.78 is 2.27. The van der Waals surface area contributed by atoms with Crippen molar-refractivity contribution in [1.29, 1.82) is 0 Å². The average molecular weight is 538 g/mol. The van der Waals surface area contributed by atoms with Gasteiger partial charge in [-0.3, -0.25) is 9.36 Å². The molecule has 1 amide bonds. The minimum absolute atomic E-state index is 0.0750. The van der Waals surface area contributed by atoms with E-state index in [0.29, 0.717) is 17.1 Å². The standard InChI is InChI=1S/C32H28ClN3OS/c33-27-20-18-26(19-21-27)31(37)34-22-10-11-23-38-32-35-29(24-12-4-1-5-13-24)30(25-14-6-2-7-15-25)36(32)28-16-8-3-9-17-28/h1-9,12-21H,10-11,22-23H2,(H,34,37). The summed E-state index contributed by atoms with van der Waals surface area (Å²) in [6, 6.07) is 38.2. The molecule has 0 saturated carbocycles. The van der Waals surface area contributed by atoms with E-state index in [-0.39, 0.29) is 5.91 Å². The zero-order valence-electron chi connectivity index (χ0n) is 20.9. The molecule has 0 radical (unpaired) electrons. The molecule has 4 nitrogen and oxygen atoms in total. The molecule has 1 aromatic heterocycles. The van der Waals surface area contributed by atoms with Gasteiger partial charge in [0.25, 0.3) is 5.91 Å². The van der Waals surface area contributed by atoms with Crippen LogP contribution in [0.1, 0.15) is 23.2 Å². The summed E-state index contributed by atoms with van der Waals surface area (Å²) >= 11 is 7.67. The Morgan fingerprint density at radius 1 is 0.763 bits per heavy atom. The van der Waals surface area contributed by atoms with E-state index in [9.17, 15) is 4.79 Å². The fraction of sp³-hybridized carbons (Fsp3) is 0.125. The molecule has 5 aromatic rings. The van der Waals surface area contributed by atoms with Crippen LogP contribution in [-0.2, 0) is 0 Å². The summed E-state index contributed by atoms with van der Waals surface area (Å²) in [6.07, 6.45) is 1.84. The monoisotopic (exact) mass is 537 g/mol. The van der Waals surface area contributed by atoms with Crippen molar-refractivity contribution in [2.45, 2.75) is 18.0 Å². The van der Waals surface area contributed by atoms with Gasteiger partial charge in [0.15, 0.2) is 5.16 Å². The predicted molar refractivity (Wildman–Crippen MR) is 158 cm³/mol. The van der Waals surface area contributed by atoms with Gasteiger partial charge < -0.3 is 5.32 Å². The van der Waals surface area contributed by atoms with Gasteiger partial charge in [-0.05, 0) is 49.2 Å². The molecule has 1 N–H and O–H groups in total. The number of rotatable bonds is 10. The largest absolute Gasteiger partial charge is 0.352 e. The zero-order chi connectivity index (χ0) is 26.2. The number of nitrogens with one attached hydrogen (secondary N) is 1. The minimum Gasteiger partial charge on any atom is -0.352 e. The first kappa shape index (κ1) is 25.8. The lowest BCUT2D eigenvalue weighted by Crippen LogP contribution is -2.24. The molecule has 5 rings (SSSR count). The highest BCUT2D eigenvalue weighted by molar-refractivity contribution is 7.99. The van der Waals surface area contributed by atoms with Crippen LogP contribution in [0.2, 0.25) is 5.02 Å². The maximum Gasteiger partial charge on any atom is 0.251 e. The highest BCUT2D eigenvalue weighted by Crippen LogP contribution is 2.38. The smallest absolute Gasteiger partial charge is 0.251 e. The Kier molecular flexibility index (Phi) is 8.59.